The fraction of sp³-hybridized carbons (Fsp3) is 0.571. The number of pyridine rings is 1. The van der Waals surface area contributed by atoms with Crippen LogP contribution in [0.5, 0.6) is 0 Å². The molecule has 5 heteroatoms. The summed E-state index contributed by atoms with van der Waals surface area (Å²) in [7, 11) is 0. The third kappa shape index (κ3) is 2.80. The summed E-state index contributed by atoms with van der Waals surface area (Å²) in [6.45, 7) is 0.848. The van der Waals surface area contributed by atoms with Crippen LogP contribution in [0.15, 0.2) is 12.3 Å². The number of carboxylic acids is 1. The molecule has 102 valence electrons. The second kappa shape index (κ2) is 4.72. The van der Waals surface area contributed by atoms with Gasteiger partial charge in [-0.15, -0.1) is 0 Å². The van der Waals surface area contributed by atoms with Gasteiger partial charge in [-0.05, 0) is 49.5 Å². The second-order valence-corrected chi connectivity index (χ2v) is 5.68. The molecule has 3 rings (SSSR count). The maximum absolute atomic E-state index is 11.2. The molecule has 0 atom stereocenters. The maximum atomic E-state index is 11.2. The monoisotopic (exact) mass is 261 g/mol. The number of nitrogen functional groups attached to an aromatic ring is 1. The first-order valence-electron chi connectivity index (χ1n) is 6.88. The van der Waals surface area contributed by atoms with E-state index in [0.717, 1.165) is 18.4 Å². The van der Waals surface area contributed by atoms with Crippen molar-refractivity contribution in [3.63, 3.8) is 0 Å². The average Bonchev–Trinajstić information content (AvgIpc) is 3.25. The van der Waals surface area contributed by atoms with Gasteiger partial charge >= 0.3 is 5.97 Å². The highest BCUT2D eigenvalue weighted by Crippen LogP contribution is 2.49. The Labute approximate surface area is 112 Å². The second-order valence-electron chi connectivity index (χ2n) is 5.68. The van der Waals surface area contributed by atoms with Crippen molar-refractivity contribution in [2.45, 2.75) is 25.7 Å². The van der Waals surface area contributed by atoms with Crippen LogP contribution in [0.4, 0.5) is 11.5 Å². The van der Waals surface area contributed by atoms with E-state index in [1.165, 1.54) is 37.9 Å². The molecule has 0 unspecified atom stereocenters. The highest BCUT2D eigenvalue weighted by atomic mass is 16.4. The van der Waals surface area contributed by atoms with Gasteiger partial charge in [0.25, 0.3) is 0 Å². The van der Waals surface area contributed by atoms with Crippen molar-refractivity contribution in [2.24, 2.45) is 17.8 Å². The van der Waals surface area contributed by atoms with Gasteiger partial charge in [-0.1, -0.05) is 0 Å². The van der Waals surface area contributed by atoms with Crippen LogP contribution < -0.4 is 11.1 Å². The minimum absolute atomic E-state index is 0.206. The van der Waals surface area contributed by atoms with Gasteiger partial charge in [-0.2, -0.15) is 0 Å². The number of hydrogen-bond donors (Lipinski definition) is 3. The van der Waals surface area contributed by atoms with Crippen LogP contribution in [0.3, 0.4) is 0 Å². The molecule has 2 aliphatic rings. The average molecular weight is 261 g/mol. The normalized spacial score (nSPS) is 18.6. The van der Waals surface area contributed by atoms with Crippen molar-refractivity contribution in [3.05, 3.63) is 17.8 Å². The molecule has 19 heavy (non-hydrogen) atoms. The molecule has 2 saturated carbocycles. The fourth-order valence-electron chi connectivity index (χ4n) is 2.78. The summed E-state index contributed by atoms with van der Waals surface area (Å²) in [6.07, 6.45) is 6.84. The van der Waals surface area contributed by atoms with Gasteiger partial charge < -0.3 is 16.2 Å². The van der Waals surface area contributed by atoms with Crippen LogP contribution >= 0.6 is 0 Å². The number of carbonyl (C=O) groups is 1. The molecule has 0 saturated heterocycles. The van der Waals surface area contributed by atoms with E-state index >= 15 is 0 Å². The minimum Gasteiger partial charge on any atom is -0.478 e. The summed E-state index contributed by atoms with van der Waals surface area (Å²) < 4.78 is 0. The molecule has 2 fully saturated rings. The molecule has 0 amide bonds. The zero-order valence-electron chi connectivity index (χ0n) is 10.8. The Hall–Kier alpha value is -1.78. The SMILES string of the molecule is Nc1cc(C(=O)O)c(NCC(C2CC2)C2CC2)cn1. The lowest BCUT2D eigenvalue weighted by Crippen LogP contribution is -2.19. The number of nitrogens with two attached hydrogens (primary N) is 1. The first-order chi connectivity index (χ1) is 9.15. The molecular formula is C14H19N3O2. The topological polar surface area (TPSA) is 88.2 Å². The minimum atomic E-state index is -0.967. The van der Waals surface area contributed by atoms with Crippen molar-refractivity contribution in [3.8, 4) is 0 Å². The number of aromatic nitrogens is 1. The molecule has 0 aromatic carbocycles. The standard InChI is InChI=1S/C14H19N3O2/c15-13-5-10(14(18)19)12(7-17-13)16-6-11(8-1-2-8)9-3-4-9/h5,7-9,11,16H,1-4,6H2,(H2,15,17)(H,18,19). The van der Waals surface area contributed by atoms with Gasteiger partial charge in [0.1, 0.15) is 5.82 Å². The van der Waals surface area contributed by atoms with Crippen LogP contribution in [-0.4, -0.2) is 22.6 Å². The predicted molar refractivity (Wildman–Crippen MR) is 73.0 cm³/mol. The molecule has 0 aliphatic heterocycles. The molecule has 0 bridgehead atoms. The Kier molecular flexibility index (Phi) is 3.05. The number of carboxylic acid groups (broad SMARTS) is 1. The number of nitrogens with zero attached hydrogens (tertiary/aromatic N) is 1. The van der Waals surface area contributed by atoms with E-state index in [0.29, 0.717) is 11.6 Å². The summed E-state index contributed by atoms with van der Waals surface area (Å²) in [4.78, 5) is 15.2. The quantitative estimate of drug-likeness (QED) is 0.730. The molecule has 2 aliphatic carbocycles. The van der Waals surface area contributed by atoms with E-state index in [2.05, 4.69) is 10.3 Å². The Morgan fingerprint density at radius 1 is 1.42 bits per heavy atom. The smallest absolute Gasteiger partial charge is 0.337 e. The number of aromatic carboxylic acids is 1. The number of hydrogen-bond acceptors (Lipinski definition) is 4. The molecule has 0 radical (unpaired) electrons. The van der Waals surface area contributed by atoms with Gasteiger partial charge in [0, 0.05) is 6.54 Å². The van der Waals surface area contributed by atoms with E-state index in [4.69, 9.17) is 5.73 Å². The Balaban J connectivity index is 1.70. The van der Waals surface area contributed by atoms with E-state index < -0.39 is 5.97 Å². The van der Waals surface area contributed by atoms with Crippen LogP contribution in [0.1, 0.15) is 36.0 Å². The summed E-state index contributed by atoms with van der Waals surface area (Å²) in [5, 5.41) is 12.4. The molecule has 1 heterocycles. The van der Waals surface area contributed by atoms with Crippen molar-refractivity contribution in [1.82, 2.24) is 4.98 Å². The Bertz CT molecular complexity index is 483. The molecule has 0 spiro atoms. The van der Waals surface area contributed by atoms with Crippen LogP contribution in [0.2, 0.25) is 0 Å². The predicted octanol–water partition coefficient (Wildman–Crippen LogP) is 2.21. The largest absolute Gasteiger partial charge is 0.478 e. The number of anilines is 2. The van der Waals surface area contributed by atoms with Crippen molar-refractivity contribution >= 4 is 17.5 Å². The lowest BCUT2D eigenvalue weighted by atomic mass is 9.98. The van der Waals surface area contributed by atoms with Gasteiger partial charge in [-0.3, -0.25) is 0 Å². The van der Waals surface area contributed by atoms with E-state index in [1.807, 2.05) is 0 Å². The highest BCUT2D eigenvalue weighted by molar-refractivity contribution is 5.94. The first-order valence-corrected chi connectivity index (χ1v) is 6.88. The Morgan fingerprint density at radius 2 is 2.05 bits per heavy atom. The summed E-state index contributed by atoms with van der Waals surface area (Å²) in [5.41, 5.74) is 6.32. The van der Waals surface area contributed by atoms with Gasteiger partial charge in [0.2, 0.25) is 0 Å². The van der Waals surface area contributed by atoms with Crippen LogP contribution in [0.25, 0.3) is 0 Å². The third-order valence-corrected chi connectivity index (χ3v) is 4.14. The van der Waals surface area contributed by atoms with E-state index in [9.17, 15) is 9.90 Å². The lowest BCUT2D eigenvalue weighted by Gasteiger charge is -2.18. The molecule has 4 N–H and O–H groups in total. The van der Waals surface area contributed by atoms with Crippen LogP contribution in [0, 0.1) is 17.8 Å². The summed E-state index contributed by atoms with van der Waals surface area (Å²) in [5.74, 6) is 1.65. The summed E-state index contributed by atoms with van der Waals surface area (Å²) >= 11 is 0. The van der Waals surface area contributed by atoms with Gasteiger partial charge in [-0.25, -0.2) is 9.78 Å². The molecule has 1 aromatic rings. The molecule has 1 aromatic heterocycles. The van der Waals surface area contributed by atoms with Crippen molar-refractivity contribution in [1.29, 1.82) is 0 Å². The maximum Gasteiger partial charge on any atom is 0.337 e. The Morgan fingerprint density at radius 3 is 2.58 bits per heavy atom. The zero-order chi connectivity index (χ0) is 13.4. The molecular weight excluding hydrogens is 242 g/mol. The third-order valence-electron chi connectivity index (χ3n) is 4.14. The van der Waals surface area contributed by atoms with Gasteiger partial charge in [0.05, 0.1) is 17.4 Å². The number of nitrogens with one attached hydrogen (secondary N) is 1. The molecule has 5 nitrogen and oxygen atoms in total. The van der Waals surface area contributed by atoms with Gasteiger partial charge in [0.15, 0.2) is 0 Å². The zero-order valence-corrected chi connectivity index (χ0v) is 10.8. The first kappa shape index (κ1) is 12.3. The summed E-state index contributed by atoms with van der Waals surface area (Å²) in [6, 6.07) is 1.41. The van der Waals surface area contributed by atoms with E-state index in [1.54, 1.807) is 0 Å². The highest BCUT2D eigenvalue weighted by Gasteiger charge is 2.41. The van der Waals surface area contributed by atoms with Crippen molar-refractivity contribution in [2.75, 3.05) is 17.6 Å². The van der Waals surface area contributed by atoms with Crippen molar-refractivity contribution < 1.29 is 9.90 Å². The number of rotatable bonds is 6. The fourth-order valence-corrected chi connectivity index (χ4v) is 2.78. The van der Waals surface area contributed by atoms with E-state index in [-0.39, 0.29) is 11.4 Å². The van der Waals surface area contributed by atoms with Crippen LogP contribution in [-0.2, 0) is 0 Å². The lowest BCUT2D eigenvalue weighted by molar-refractivity contribution is 0.0698.